The monoisotopic (exact) mass is 547 g/mol. The van der Waals surface area contributed by atoms with Crippen LogP contribution in [0.3, 0.4) is 0 Å². The first-order valence-electron chi connectivity index (χ1n) is 11.9. The second kappa shape index (κ2) is 10.3. The summed E-state index contributed by atoms with van der Waals surface area (Å²) in [6.07, 6.45) is 5.70. The number of aromatic nitrogens is 3. The van der Waals surface area contributed by atoms with Gasteiger partial charge in [-0.15, -0.1) is 0 Å². The Bertz CT molecular complexity index is 1390. The van der Waals surface area contributed by atoms with E-state index in [0.717, 1.165) is 6.42 Å². The number of sulfonamides is 1. The number of ether oxygens (including phenoxy) is 1. The van der Waals surface area contributed by atoms with Gasteiger partial charge in [0.1, 0.15) is 17.3 Å². The van der Waals surface area contributed by atoms with Gasteiger partial charge in [-0.3, -0.25) is 9.71 Å². The highest BCUT2D eigenvalue weighted by Crippen LogP contribution is 2.39. The van der Waals surface area contributed by atoms with Gasteiger partial charge in [0.25, 0.3) is 0 Å². The van der Waals surface area contributed by atoms with Gasteiger partial charge in [0, 0.05) is 49.2 Å². The minimum Gasteiger partial charge on any atom is -0.443 e. The van der Waals surface area contributed by atoms with Gasteiger partial charge >= 0.3 is 6.09 Å². The second-order valence-electron chi connectivity index (χ2n) is 9.70. The van der Waals surface area contributed by atoms with Crippen molar-refractivity contribution in [3.05, 3.63) is 34.6 Å². The summed E-state index contributed by atoms with van der Waals surface area (Å²) in [6.45, 7) is 8.42. The summed E-state index contributed by atoms with van der Waals surface area (Å²) in [4.78, 5) is 33.7. The molecule has 1 N–H and O–H groups in total. The summed E-state index contributed by atoms with van der Waals surface area (Å²) in [5.41, 5.74) is 1.33. The van der Waals surface area contributed by atoms with E-state index >= 15 is 0 Å². The van der Waals surface area contributed by atoms with Crippen LogP contribution in [0.5, 0.6) is 0 Å². The fourth-order valence-corrected chi connectivity index (χ4v) is 5.32. The van der Waals surface area contributed by atoms with Gasteiger partial charge < -0.3 is 9.64 Å². The quantitative estimate of drug-likeness (QED) is 0.569. The molecule has 0 fully saturated rings. The van der Waals surface area contributed by atoms with E-state index in [1.54, 1.807) is 47.0 Å². The highest BCUT2D eigenvalue weighted by molar-refractivity contribution is 7.92. The molecule has 37 heavy (non-hydrogen) atoms. The zero-order valence-corrected chi connectivity index (χ0v) is 23.0. The molecule has 4 rings (SSSR count). The topological polar surface area (TPSA) is 130 Å². The molecule has 0 aromatic carbocycles. The standard InChI is InChI=1S/C24H30ClN7O4S/c1-6-12-37(34,35)30-19-18(25)16(8-10-26-19)17-13-15-14-28-22(31(5)23(33)36-24(2,3)4)29-20(15)32-11-7-9-27-21(17)32/h8,10,13-14H,6-7,9,11-12H2,1-5H3,(H,26,30). The number of nitrogens with zero attached hydrogens (tertiary/aromatic N) is 6. The maximum absolute atomic E-state index is 12.6. The molecule has 0 unspecified atom stereocenters. The SMILES string of the molecule is CCCS(=O)(=O)Nc1nccc(C2=Cc3cnc(N(C)C(=O)OC(C)(C)C)nc3N3CCCN=C23)c1Cl. The van der Waals surface area contributed by atoms with Gasteiger partial charge in [0.2, 0.25) is 16.0 Å². The summed E-state index contributed by atoms with van der Waals surface area (Å²) in [5, 5.41) is 0.173. The van der Waals surface area contributed by atoms with Crippen molar-refractivity contribution >= 4 is 62.8 Å². The van der Waals surface area contributed by atoms with Crippen LogP contribution in [0, 0.1) is 0 Å². The van der Waals surface area contributed by atoms with Gasteiger partial charge in [0.05, 0.1) is 10.8 Å². The predicted molar refractivity (Wildman–Crippen MR) is 146 cm³/mol. The van der Waals surface area contributed by atoms with Gasteiger partial charge in [-0.1, -0.05) is 18.5 Å². The Balaban J connectivity index is 1.75. The Kier molecular flexibility index (Phi) is 7.43. The molecule has 11 nitrogen and oxygen atoms in total. The van der Waals surface area contributed by atoms with Crippen molar-refractivity contribution in [1.29, 1.82) is 0 Å². The number of halogens is 1. The van der Waals surface area contributed by atoms with E-state index in [2.05, 4.69) is 19.7 Å². The van der Waals surface area contributed by atoms with Crippen LogP contribution in [-0.4, -0.2) is 66.8 Å². The van der Waals surface area contributed by atoms with Crippen LogP contribution >= 0.6 is 11.6 Å². The number of amides is 1. The van der Waals surface area contributed by atoms with Crippen LogP contribution in [0.1, 0.15) is 51.7 Å². The molecule has 0 saturated heterocycles. The lowest BCUT2D eigenvalue weighted by atomic mass is 9.97. The highest BCUT2D eigenvalue weighted by Gasteiger charge is 2.32. The van der Waals surface area contributed by atoms with Crippen LogP contribution in [-0.2, 0) is 14.8 Å². The summed E-state index contributed by atoms with van der Waals surface area (Å²) in [7, 11) is -2.02. The molecular weight excluding hydrogens is 518 g/mol. The maximum Gasteiger partial charge on any atom is 0.416 e. The number of hydrogen-bond donors (Lipinski definition) is 1. The van der Waals surface area contributed by atoms with Crippen LogP contribution in [0.25, 0.3) is 11.6 Å². The van der Waals surface area contributed by atoms with Crippen molar-refractivity contribution in [2.75, 3.05) is 40.4 Å². The number of pyridine rings is 1. The molecule has 0 aliphatic carbocycles. The molecule has 0 bridgehead atoms. The number of nitrogens with one attached hydrogen (secondary N) is 1. The molecule has 13 heteroatoms. The minimum atomic E-state index is -3.58. The van der Waals surface area contributed by atoms with E-state index in [1.165, 1.54) is 11.1 Å². The summed E-state index contributed by atoms with van der Waals surface area (Å²) < 4.78 is 32.6. The lowest BCUT2D eigenvalue weighted by Crippen LogP contribution is -2.40. The second-order valence-corrected chi connectivity index (χ2v) is 11.9. The Morgan fingerprint density at radius 2 is 2.05 bits per heavy atom. The predicted octanol–water partition coefficient (Wildman–Crippen LogP) is 4.21. The van der Waals surface area contributed by atoms with E-state index in [-0.39, 0.29) is 22.5 Å². The van der Waals surface area contributed by atoms with Crippen molar-refractivity contribution in [1.82, 2.24) is 15.0 Å². The number of aliphatic imine (C=N–C) groups is 1. The first-order chi connectivity index (χ1) is 17.4. The summed E-state index contributed by atoms with van der Waals surface area (Å²) >= 11 is 6.67. The highest BCUT2D eigenvalue weighted by atomic mass is 35.5. The van der Waals surface area contributed by atoms with Crippen molar-refractivity contribution in [3.8, 4) is 0 Å². The van der Waals surface area contributed by atoms with Crippen LogP contribution < -0.4 is 14.5 Å². The Morgan fingerprint density at radius 3 is 2.76 bits per heavy atom. The lowest BCUT2D eigenvalue weighted by Gasteiger charge is -2.34. The van der Waals surface area contributed by atoms with Crippen LogP contribution in [0.15, 0.2) is 23.5 Å². The molecule has 198 valence electrons. The van der Waals surface area contributed by atoms with Crippen LogP contribution in [0.2, 0.25) is 5.02 Å². The molecule has 2 aliphatic heterocycles. The van der Waals surface area contributed by atoms with Crippen molar-refractivity contribution in [2.24, 2.45) is 4.99 Å². The van der Waals surface area contributed by atoms with E-state index in [9.17, 15) is 13.2 Å². The number of hydrogen-bond acceptors (Lipinski definition) is 9. The molecule has 2 aromatic heterocycles. The van der Waals surface area contributed by atoms with Crippen molar-refractivity contribution in [2.45, 2.75) is 46.1 Å². The van der Waals surface area contributed by atoms with E-state index < -0.39 is 21.7 Å². The molecule has 0 atom stereocenters. The van der Waals surface area contributed by atoms with Gasteiger partial charge in [-0.25, -0.2) is 28.1 Å². The number of anilines is 3. The number of amidine groups is 1. The van der Waals surface area contributed by atoms with Crippen molar-refractivity contribution in [3.63, 3.8) is 0 Å². The molecule has 0 spiro atoms. The van der Waals surface area contributed by atoms with Gasteiger partial charge in [-0.05, 0) is 45.8 Å². The van der Waals surface area contributed by atoms with E-state index in [0.29, 0.717) is 47.9 Å². The fourth-order valence-electron chi connectivity index (χ4n) is 3.91. The van der Waals surface area contributed by atoms with Gasteiger partial charge in [-0.2, -0.15) is 4.98 Å². The first-order valence-corrected chi connectivity index (χ1v) is 14.0. The molecule has 1 amide bonds. The average molecular weight is 548 g/mol. The summed E-state index contributed by atoms with van der Waals surface area (Å²) in [5.74, 6) is 1.48. The normalized spacial score (nSPS) is 15.2. The Labute approximate surface area is 221 Å². The van der Waals surface area contributed by atoms with Crippen molar-refractivity contribution < 1.29 is 17.9 Å². The first kappa shape index (κ1) is 26.8. The third kappa shape index (κ3) is 5.85. The zero-order valence-electron chi connectivity index (χ0n) is 21.4. The maximum atomic E-state index is 12.6. The number of carbonyl (C=O) groups is 1. The fraction of sp³-hybridized carbons (Fsp3) is 0.458. The number of carbonyl (C=O) groups excluding carboxylic acids is 1. The van der Waals surface area contributed by atoms with Gasteiger partial charge in [0.15, 0.2) is 5.82 Å². The largest absolute Gasteiger partial charge is 0.443 e. The molecule has 0 radical (unpaired) electrons. The lowest BCUT2D eigenvalue weighted by molar-refractivity contribution is 0.0587. The van der Waals surface area contributed by atoms with E-state index in [1.807, 2.05) is 11.0 Å². The summed E-state index contributed by atoms with van der Waals surface area (Å²) in [6, 6.07) is 1.72. The minimum absolute atomic E-state index is 0.0385. The average Bonchev–Trinajstić information content (AvgIpc) is 2.83. The third-order valence-corrected chi connectivity index (χ3v) is 7.34. The van der Waals surface area contributed by atoms with Crippen LogP contribution in [0.4, 0.5) is 22.4 Å². The molecule has 4 heterocycles. The zero-order chi connectivity index (χ0) is 27.0. The third-order valence-electron chi connectivity index (χ3n) is 5.51. The molecule has 2 aromatic rings. The molecule has 2 aliphatic rings. The number of fused-ring (bicyclic) bond motifs is 3. The number of rotatable bonds is 6. The smallest absolute Gasteiger partial charge is 0.416 e. The molecule has 0 saturated carbocycles. The Morgan fingerprint density at radius 1 is 1.30 bits per heavy atom. The molecular formula is C24H30ClN7O4S. The van der Waals surface area contributed by atoms with E-state index in [4.69, 9.17) is 21.3 Å². The Hall–Kier alpha value is -3.25.